The number of Topliss-reactive ketones (excluding diaryl/α,β-unsaturated/α-hetero) is 3. The van der Waals surface area contributed by atoms with Crippen molar-refractivity contribution in [2.75, 3.05) is 71.5 Å². The van der Waals surface area contributed by atoms with E-state index in [0.29, 0.717) is 64.0 Å². The van der Waals surface area contributed by atoms with Gasteiger partial charge in [0.05, 0.1) is 30.8 Å². The van der Waals surface area contributed by atoms with Crippen LogP contribution in [0.1, 0.15) is 208 Å². The molecule has 488 valence electrons. The number of ether oxygens (including phenoxy) is 2. The van der Waals surface area contributed by atoms with Gasteiger partial charge in [-0.05, 0) is 164 Å². The Balaban J connectivity index is 1.02. The molecular formula is C69H94FN9O10S. The van der Waals surface area contributed by atoms with Crippen molar-refractivity contribution >= 4 is 51.0 Å². The van der Waals surface area contributed by atoms with E-state index in [9.17, 15) is 41.1 Å². The monoisotopic (exact) mass is 1260 g/mol. The summed E-state index contributed by atoms with van der Waals surface area (Å²) in [5.41, 5.74) is 34.3. The van der Waals surface area contributed by atoms with Crippen LogP contribution in [-0.2, 0) is 61.9 Å². The van der Waals surface area contributed by atoms with E-state index in [0.717, 1.165) is 165 Å². The molecule has 1 fully saturated rings. The molecule has 1 saturated heterocycles. The zero-order valence-corrected chi connectivity index (χ0v) is 53.4. The maximum Gasteiger partial charge on any atom is 0.332 e. The number of halogens is 1. The first-order chi connectivity index (χ1) is 43.5. The van der Waals surface area contributed by atoms with Crippen molar-refractivity contribution in [2.24, 2.45) is 22.3 Å². The first kappa shape index (κ1) is 70.7. The molecule has 1 heterocycles. The number of unbranched alkanes of at least 4 members (excludes halogenated alkanes) is 12. The summed E-state index contributed by atoms with van der Waals surface area (Å²) in [6, 6.07) is 21.7. The van der Waals surface area contributed by atoms with Gasteiger partial charge >= 0.3 is 10.2 Å². The molecule has 0 spiro atoms. The lowest BCUT2D eigenvalue weighted by Crippen LogP contribution is -2.47. The standard InChI is InChI=1S/C69H94FN9O10S/c1-78(68(85)64-47-53(76-77-74)48-79(64)67(84)51-24-27-57(28-25-51)90(70,86)87)37-39-89-41-40-88-38-17-20-54(80)32-33-69-61-44-49(42-55(81)18-11-5-2-8-14-34-71)22-29-58(61)66(59-30-23-50(45-62(59)69)43-56(82)19-12-6-3-9-15-35-72)60-31-26-52(46-63(60)69)75-65(83)21-13-7-4-10-16-36-73/h22-31,44-46,53,64,66H,2-21,32-43,47-48,71-73H2,1H3,(H,75,83)/t53-,64-,66?,69?/m0/s1. The minimum Gasteiger partial charge on any atom is -0.379 e. The van der Waals surface area contributed by atoms with Crippen molar-refractivity contribution < 1.29 is 50.5 Å². The Kier molecular flexibility index (Phi) is 28.1. The second kappa shape index (κ2) is 35.8. The van der Waals surface area contributed by atoms with E-state index in [1.165, 1.54) is 9.80 Å². The highest BCUT2D eigenvalue weighted by Gasteiger charge is 2.52. The Morgan fingerprint density at radius 1 is 0.633 bits per heavy atom. The second-order valence-electron chi connectivity index (χ2n) is 24.5. The Morgan fingerprint density at radius 2 is 1.13 bits per heavy atom. The number of hydrogen-bond donors (Lipinski definition) is 4. The van der Waals surface area contributed by atoms with Crippen LogP contribution in [0.3, 0.4) is 0 Å². The van der Waals surface area contributed by atoms with E-state index >= 15 is 0 Å². The normalized spacial score (nSPS) is 17.1. The number of likely N-dealkylation sites (N-methyl/N-ethyl adjacent to an activating group) is 1. The highest BCUT2D eigenvalue weighted by Crippen LogP contribution is 2.61. The number of nitrogens with one attached hydrogen (secondary N) is 1. The van der Waals surface area contributed by atoms with Gasteiger partial charge in [0.25, 0.3) is 5.91 Å². The summed E-state index contributed by atoms with van der Waals surface area (Å²) in [7, 11) is -3.42. The van der Waals surface area contributed by atoms with Crippen LogP contribution >= 0.6 is 0 Å². The molecule has 4 aromatic rings. The predicted molar refractivity (Wildman–Crippen MR) is 346 cm³/mol. The molecular weight excluding hydrogens is 1170 g/mol. The lowest BCUT2D eigenvalue weighted by atomic mass is 9.51. The number of hydrogen-bond acceptors (Lipinski definition) is 14. The molecule has 0 saturated carbocycles. The average Bonchev–Trinajstić information content (AvgIpc) is 0.742. The summed E-state index contributed by atoms with van der Waals surface area (Å²) in [5, 5.41) is 6.95. The van der Waals surface area contributed by atoms with E-state index in [-0.39, 0.29) is 99.8 Å². The van der Waals surface area contributed by atoms with Crippen LogP contribution in [0.15, 0.2) is 88.9 Å². The fourth-order valence-electron chi connectivity index (χ4n) is 13.1. The van der Waals surface area contributed by atoms with Gasteiger partial charge < -0.3 is 41.8 Å². The van der Waals surface area contributed by atoms with Crippen LogP contribution < -0.4 is 22.5 Å². The number of anilines is 1. The fourth-order valence-corrected chi connectivity index (χ4v) is 13.6. The minimum atomic E-state index is -4.99. The number of carbonyl (C=O) groups is 6. The van der Waals surface area contributed by atoms with E-state index in [1.807, 2.05) is 6.07 Å². The van der Waals surface area contributed by atoms with Crippen molar-refractivity contribution in [1.82, 2.24) is 9.80 Å². The van der Waals surface area contributed by atoms with Crippen molar-refractivity contribution in [3.05, 3.63) is 139 Å². The smallest absolute Gasteiger partial charge is 0.332 e. The summed E-state index contributed by atoms with van der Waals surface area (Å²) >= 11 is 0. The first-order valence-electron chi connectivity index (χ1n) is 32.7. The van der Waals surface area contributed by atoms with Gasteiger partial charge in [-0.25, -0.2) is 0 Å². The van der Waals surface area contributed by atoms with E-state index < -0.39 is 44.4 Å². The van der Waals surface area contributed by atoms with Gasteiger partial charge in [0.1, 0.15) is 23.4 Å². The summed E-state index contributed by atoms with van der Waals surface area (Å²) in [6.07, 6.45) is 17.9. The van der Waals surface area contributed by atoms with E-state index in [2.05, 4.69) is 63.9 Å². The highest BCUT2D eigenvalue weighted by atomic mass is 32.3. The van der Waals surface area contributed by atoms with E-state index in [4.69, 9.17) is 32.2 Å². The van der Waals surface area contributed by atoms with Crippen LogP contribution in [-0.4, -0.2) is 132 Å². The number of benzene rings is 4. The molecule has 1 aliphatic heterocycles. The number of nitrogens with two attached hydrogens (primary N) is 3. The molecule has 4 aliphatic rings. The number of likely N-dealkylation sites (tertiary alicyclic amines) is 1. The van der Waals surface area contributed by atoms with Crippen molar-refractivity contribution in [3.8, 4) is 0 Å². The summed E-state index contributed by atoms with van der Waals surface area (Å²) in [4.78, 5) is 87.5. The largest absolute Gasteiger partial charge is 0.379 e. The molecule has 8 rings (SSSR count). The molecule has 0 aromatic heterocycles. The number of azide groups is 1. The molecule has 4 aromatic carbocycles. The van der Waals surface area contributed by atoms with Gasteiger partial charge in [0.15, 0.2) is 0 Å². The number of amides is 3. The molecule has 0 radical (unpaired) electrons. The molecule has 2 bridgehead atoms. The molecule has 2 atom stereocenters. The molecule has 3 amide bonds. The third kappa shape index (κ3) is 19.7. The Hall–Kier alpha value is -6.71. The number of nitrogens with zero attached hydrogens (tertiary/aromatic N) is 5. The second-order valence-corrected chi connectivity index (χ2v) is 25.9. The third-order valence-electron chi connectivity index (χ3n) is 17.9. The third-order valence-corrected chi connectivity index (χ3v) is 18.7. The molecule has 19 nitrogen and oxygen atoms in total. The van der Waals surface area contributed by atoms with Crippen LogP contribution in [0.25, 0.3) is 10.4 Å². The molecule has 7 N–H and O–H groups in total. The Bertz CT molecular complexity index is 3050. The van der Waals surface area contributed by atoms with Gasteiger partial charge in [-0.1, -0.05) is 105 Å². The predicted octanol–water partition coefficient (Wildman–Crippen LogP) is 10.8. The lowest BCUT2D eigenvalue weighted by Gasteiger charge is -2.51. The molecule has 21 heteroatoms. The highest BCUT2D eigenvalue weighted by molar-refractivity contribution is 7.86. The zero-order valence-electron chi connectivity index (χ0n) is 52.6. The zero-order chi connectivity index (χ0) is 64.5. The number of carbonyl (C=O) groups excluding carboxylic acids is 6. The first-order valence-corrected chi connectivity index (χ1v) is 34.1. The summed E-state index contributed by atoms with van der Waals surface area (Å²) < 4.78 is 47.9. The van der Waals surface area contributed by atoms with Crippen molar-refractivity contribution in [2.45, 2.75) is 189 Å². The topological polar surface area (TPSA) is 300 Å². The Morgan fingerprint density at radius 3 is 1.68 bits per heavy atom. The van der Waals surface area contributed by atoms with E-state index in [1.54, 1.807) is 7.05 Å². The number of rotatable bonds is 43. The van der Waals surface area contributed by atoms with Crippen LogP contribution in [0.2, 0.25) is 0 Å². The van der Waals surface area contributed by atoms with Crippen LogP contribution in [0.5, 0.6) is 0 Å². The molecule has 3 aliphatic carbocycles. The van der Waals surface area contributed by atoms with Gasteiger partial charge in [-0.3, -0.25) is 28.8 Å². The Labute approximate surface area is 531 Å². The van der Waals surface area contributed by atoms with Gasteiger partial charge in [0.2, 0.25) is 11.8 Å². The number of ketones is 3. The maximum atomic E-state index is 14.3. The average molecular weight is 1260 g/mol. The quantitative estimate of drug-likeness (QED) is 0.0105. The van der Waals surface area contributed by atoms with Crippen molar-refractivity contribution in [1.29, 1.82) is 0 Å². The van der Waals surface area contributed by atoms with Gasteiger partial charge in [-0.2, -0.15) is 8.42 Å². The van der Waals surface area contributed by atoms with Crippen LogP contribution in [0.4, 0.5) is 9.57 Å². The van der Waals surface area contributed by atoms with Crippen molar-refractivity contribution in [3.63, 3.8) is 0 Å². The summed E-state index contributed by atoms with van der Waals surface area (Å²) in [5.74, 6) is -0.827. The van der Waals surface area contributed by atoms with Crippen LogP contribution in [0, 0.1) is 0 Å². The van der Waals surface area contributed by atoms with Gasteiger partial charge in [0, 0.05) is 99.2 Å². The maximum absolute atomic E-state index is 14.3. The SMILES string of the molecule is CN(CCOCCOCCCC(=O)CCC12c3cc(CC(=O)CCCCCCCN)ccc3C(c3ccc(CC(=O)CCCCCCCN)cc31)c1ccc(NC(=O)CCCCCCCN)cc12)C(=O)[C@@H]1C[C@H](N=[N+]=[N-])CN1C(=O)c1ccc(S(=O)(=O)F)cc1. The minimum absolute atomic E-state index is 0.0348. The summed E-state index contributed by atoms with van der Waals surface area (Å²) in [6.45, 7) is 3.00. The molecule has 0 unspecified atom stereocenters. The fraction of sp³-hybridized carbons (Fsp3) is 0.565. The van der Waals surface area contributed by atoms with Gasteiger partial charge in [-0.15, -0.1) is 3.89 Å². The lowest BCUT2D eigenvalue weighted by molar-refractivity contribution is -0.134. The molecule has 90 heavy (non-hydrogen) atoms.